The highest BCUT2D eigenvalue weighted by Crippen LogP contribution is 2.21. The molecule has 0 aromatic carbocycles. The molecular weight excluding hydrogens is 398 g/mol. The molecule has 3 aliphatic heterocycles. The Hall–Kier alpha value is -0.280. The summed E-state index contributed by atoms with van der Waals surface area (Å²) >= 11 is 0. The lowest BCUT2D eigenvalue weighted by atomic mass is 9.94. The zero-order valence-electron chi connectivity index (χ0n) is 21.7. The van der Waals surface area contributed by atoms with Crippen molar-refractivity contribution in [3.63, 3.8) is 0 Å². The van der Waals surface area contributed by atoms with Crippen molar-refractivity contribution in [3.05, 3.63) is 0 Å². The van der Waals surface area contributed by atoms with Crippen LogP contribution in [0.25, 0.3) is 0 Å². The second-order valence-corrected chi connectivity index (χ2v) is 11.2. The molecule has 3 fully saturated rings. The van der Waals surface area contributed by atoms with Crippen LogP contribution in [0, 0.1) is 0 Å². The van der Waals surface area contributed by atoms with Gasteiger partial charge in [-0.1, -0.05) is 6.92 Å². The normalized spacial score (nSPS) is 25.1. The van der Waals surface area contributed by atoms with Crippen LogP contribution in [0.3, 0.4) is 0 Å². The molecule has 0 aromatic heterocycles. The molecule has 3 N–H and O–H groups in total. The molecule has 3 aliphatic rings. The van der Waals surface area contributed by atoms with E-state index in [1.165, 1.54) is 91.3 Å². The molecule has 7 heteroatoms. The minimum atomic E-state index is 0.263. The molecule has 7 nitrogen and oxygen atoms in total. The summed E-state index contributed by atoms with van der Waals surface area (Å²) in [5.74, 6) is 0. The van der Waals surface area contributed by atoms with Crippen LogP contribution in [0.4, 0.5) is 0 Å². The van der Waals surface area contributed by atoms with Crippen molar-refractivity contribution >= 4 is 0 Å². The Morgan fingerprint density at radius 2 is 1.16 bits per heavy atom. The van der Waals surface area contributed by atoms with Gasteiger partial charge in [-0.2, -0.15) is 0 Å². The Labute approximate surface area is 198 Å². The maximum atomic E-state index is 3.92. The van der Waals surface area contributed by atoms with Crippen LogP contribution in [-0.2, 0) is 0 Å². The summed E-state index contributed by atoms with van der Waals surface area (Å²) in [7, 11) is 0. The van der Waals surface area contributed by atoms with Gasteiger partial charge in [-0.3, -0.25) is 9.80 Å². The Bertz CT molecular complexity index is 508. The summed E-state index contributed by atoms with van der Waals surface area (Å²) < 4.78 is 0. The van der Waals surface area contributed by atoms with E-state index in [0.717, 1.165) is 32.7 Å². The number of rotatable bonds is 12. The van der Waals surface area contributed by atoms with Crippen molar-refractivity contribution in [2.45, 2.75) is 58.0 Å². The fraction of sp³-hybridized carbons (Fsp3) is 1.00. The summed E-state index contributed by atoms with van der Waals surface area (Å²) in [5.41, 5.74) is 0.568. The molecule has 0 aromatic rings. The predicted octanol–water partition coefficient (Wildman–Crippen LogP) is 0.732. The van der Waals surface area contributed by atoms with E-state index in [9.17, 15) is 0 Å². The minimum Gasteiger partial charge on any atom is -0.314 e. The number of nitrogens with one attached hydrogen (secondary N) is 3. The van der Waals surface area contributed by atoms with Gasteiger partial charge >= 0.3 is 0 Å². The number of piperazine rings is 3. The van der Waals surface area contributed by atoms with E-state index in [2.05, 4.69) is 63.2 Å². The Kier molecular flexibility index (Phi) is 10.7. The average molecular weight is 452 g/mol. The molecule has 3 saturated heterocycles. The van der Waals surface area contributed by atoms with Crippen LogP contribution in [0.2, 0.25) is 0 Å². The van der Waals surface area contributed by atoms with E-state index in [1.807, 2.05) is 0 Å². The van der Waals surface area contributed by atoms with Gasteiger partial charge in [-0.05, 0) is 53.1 Å². The number of hydrogen-bond acceptors (Lipinski definition) is 7. The van der Waals surface area contributed by atoms with Gasteiger partial charge in [0.2, 0.25) is 0 Å². The van der Waals surface area contributed by atoms with Crippen LogP contribution < -0.4 is 16.0 Å². The quantitative estimate of drug-likeness (QED) is 0.404. The SMILES string of the molecule is CCC(C)(CCN1CCNCC1)NCCN1CCN(C(C)(C)CCN2CCNCC2)CC1. The van der Waals surface area contributed by atoms with Crippen LogP contribution in [0.1, 0.15) is 47.0 Å². The lowest BCUT2D eigenvalue weighted by Gasteiger charge is -2.45. The summed E-state index contributed by atoms with van der Waals surface area (Å²) in [6.07, 6.45) is 3.73. The van der Waals surface area contributed by atoms with E-state index in [0.29, 0.717) is 5.54 Å². The number of nitrogens with zero attached hydrogens (tertiary/aromatic N) is 4. The Balaban J connectivity index is 1.31. The summed E-state index contributed by atoms with van der Waals surface area (Å²) in [6, 6.07) is 0. The Morgan fingerprint density at radius 1 is 0.656 bits per heavy atom. The molecular formula is C25H53N7. The van der Waals surface area contributed by atoms with Gasteiger partial charge in [0, 0.05) is 103 Å². The molecule has 0 amide bonds. The van der Waals surface area contributed by atoms with E-state index in [4.69, 9.17) is 0 Å². The highest BCUT2D eigenvalue weighted by atomic mass is 15.3. The van der Waals surface area contributed by atoms with Crippen molar-refractivity contribution in [3.8, 4) is 0 Å². The molecule has 32 heavy (non-hydrogen) atoms. The van der Waals surface area contributed by atoms with Gasteiger partial charge in [-0.15, -0.1) is 0 Å². The molecule has 1 atom stereocenters. The third-order valence-corrected chi connectivity index (χ3v) is 8.43. The van der Waals surface area contributed by atoms with E-state index in [-0.39, 0.29) is 5.54 Å². The van der Waals surface area contributed by atoms with E-state index < -0.39 is 0 Å². The first-order chi connectivity index (χ1) is 15.4. The maximum absolute atomic E-state index is 3.92. The topological polar surface area (TPSA) is 49.1 Å². The summed E-state index contributed by atoms with van der Waals surface area (Å²) in [4.78, 5) is 10.7. The van der Waals surface area contributed by atoms with Crippen molar-refractivity contribution < 1.29 is 0 Å². The van der Waals surface area contributed by atoms with Gasteiger partial charge in [0.1, 0.15) is 0 Å². The highest BCUT2D eigenvalue weighted by molar-refractivity contribution is 4.88. The molecule has 3 heterocycles. The van der Waals surface area contributed by atoms with Gasteiger partial charge in [-0.25, -0.2) is 0 Å². The molecule has 0 radical (unpaired) electrons. The maximum Gasteiger partial charge on any atom is 0.0166 e. The van der Waals surface area contributed by atoms with Gasteiger partial charge in [0.25, 0.3) is 0 Å². The second kappa shape index (κ2) is 13.0. The third-order valence-electron chi connectivity index (χ3n) is 8.43. The van der Waals surface area contributed by atoms with Crippen LogP contribution in [-0.4, -0.2) is 135 Å². The van der Waals surface area contributed by atoms with Crippen molar-refractivity contribution in [2.24, 2.45) is 0 Å². The third kappa shape index (κ3) is 8.49. The fourth-order valence-electron chi connectivity index (χ4n) is 5.35. The molecule has 0 bridgehead atoms. The average Bonchev–Trinajstić information content (AvgIpc) is 2.83. The lowest BCUT2D eigenvalue weighted by molar-refractivity contribution is 0.0395. The minimum absolute atomic E-state index is 0.263. The fourth-order valence-corrected chi connectivity index (χ4v) is 5.35. The zero-order chi connectivity index (χ0) is 22.9. The largest absolute Gasteiger partial charge is 0.314 e. The lowest BCUT2D eigenvalue weighted by Crippen LogP contribution is -2.57. The first-order valence-corrected chi connectivity index (χ1v) is 13.5. The monoisotopic (exact) mass is 451 g/mol. The zero-order valence-corrected chi connectivity index (χ0v) is 21.7. The predicted molar refractivity (Wildman–Crippen MR) is 137 cm³/mol. The summed E-state index contributed by atoms with van der Waals surface area (Å²) in [6.45, 7) is 28.7. The van der Waals surface area contributed by atoms with E-state index >= 15 is 0 Å². The molecule has 1 unspecified atom stereocenters. The van der Waals surface area contributed by atoms with Crippen molar-refractivity contribution in [1.82, 2.24) is 35.6 Å². The smallest absolute Gasteiger partial charge is 0.0166 e. The summed E-state index contributed by atoms with van der Waals surface area (Å²) in [5, 5.41) is 10.8. The second-order valence-electron chi connectivity index (χ2n) is 11.2. The first-order valence-electron chi connectivity index (χ1n) is 13.5. The van der Waals surface area contributed by atoms with Gasteiger partial charge in [0.15, 0.2) is 0 Å². The standard InChI is InChI=1S/C25H53N7/c1-5-25(4,7-14-30-17-10-27-11-18-30)28-12-19-31-20-22-32(23-21-31)24(2,3)6-13-29-15-8-26-9-16-29/h26-28H,5-23H2,1-4H3. The molecule has 188 valence electrons. The van der Waals surface area contributed by atoms with E-state index in [1.54, 1.807) is 0 Å². The van der Waals surface area contributed by atoms with Gasteiger partial charge in [0.05, 0.1) is 0 Å². The first kappa shape index (κ1) is 26.3. The van der Waals surface area contributed by atoms with Gasteiger partial charge < -0.3 is 25.8 Å². The van der Waals surface area contributed by atoms with Crippen LogP contribution in [0.15, 0.2) is 0 Å². The molecule has 3 rings (SSSR count). The number of hydrogen-bond donors (Lipinski definition) is 3. The van der Waals surface area contributed by atoms with Crippen LogP contribution in [0.5, 0.6) is 0 Å². The molecule has 0 aliphatic carbocycles. The van der Waals surface area contributed by atoms with Crippen molar-refractivity contribution in [2.75, 3.05) is 105 Å². The molecule has 0 saturated carbocycles. The van der Waals surface area contributed by atoms with Crippen LogP contribution >= 0.6 is 0 Å². The Morgan fingerprint density at radius 3 is 1.69 bits per heavy atom. The van der Waals surface area contributed by atoms with Crippen molar-refractivity contribution in [1.29, 1.82) is 0 Å². The highest BCUT2D eigenvalue weighted by Gasteiger charge is 2.30. The molecule has 0 spiro atoms.